The van der Waals surface area contributed by atoms with E-state index in [0.717, 1.165) is 0 Å². The average molecular weight is 492 g/mol. The summed E-state index contributed by atoms with van der Waals surface area (Å²) < 4.78 is 47.0. The first-order valence-electron chi connectivity index (χ1n) is 8.35. The summed E-state index contributed by atoms with van der Waals surface area (Å²) in [5.74, 6) is -1.14. The Labute approximate surface area is 167 Å². The van der Waals surface area contributed by atoms with Crippen molar-refractivity contribution in [2.75, 3.05) is 6.61 Å². The zero-order valence-electron chi connectivity index (χ0n) is 15.2. The Morgan fingerprint density at radius 2 is 1.77 bits per heavy atom. The topological polar surface area (TPSA) is 235 Å². The SMILES string of the molecule is Cc1cn([C@@]23C[C@H](O)[C@@H](COP(=O)(O)OP(=O)(O)OP(=O)(O)O)[C@@H]2C3)c(=O)[nH]c1=O. The maximum atomic E-state index is 12.2. The van der Waals surface area contributed by atoms with E-state index in [9.17, 15) is 33.3 Å². The minimum atomic E-state index is -5.64. The summed E-state index contributed by atoms with van der Waals surface area (Å²) in [7, 11) is -16.5. The molecule has 0 aromatic carbocycles. The fourth-order valence-corrected chi connectivity index (χ4v) is 6.93. The van der Waals surface area contributed by atoms with E-state index in [1.54, 1.807) is 0 Å². The first kappa shape index (κ1) is 23.7. The number of nitrogens with zero attached hydrogens (tertiary/aromatic N) is 1. The van der Waals surface area contributed by atoms with Gasteiger partial charge in [0.2, 0.25) is 0 Å². The molecule has 1 aromatic rings. The number of aromatic amines is 1. The molecule has 3 rings (SSSR count). The molecule has 0 amide bonds. The van der Waals surface area contributed by atoms with Gasteiger partial charge in [-0.15, -0.1) is 0 Å². The van der Waals surface area contributed by atoms with Crippen LogP contribution >= 0.6 is 23.5 Å². The smallest absolute Gasteiger partial charge is 0.393 e. The molecule has 2 saturated carbocycles. The highest BCUT2D eigenvalue weighted by atomic mass is 31.3. The highest BCUT2D eigenvalue weighted by molar-refractivity contribution is 7.66. The van der Waals surface area contributed by atoms with E-state index in [2.05, 4.69) is 18.1 Å². The van der Waals surface area contributed by atoms with Crippen molar-refractivity contribution in [1.29, 1.82) is 0 Å². The summed E-state index contributed by atoms with van der Waals surface area (Å²) in [6, 6.07) is 0. The van der Waals surface area contributed by atoms with Crippen LogP contribution in [0.5, 0.6) is 0 Å². The monoisotopic (exact) mass is 492 g/mol. The second kappa shape index (κ2) is 7.58. The summed E-state index contributed by atoms with van der Waals surface area (Å²) in [5.41, 5.74) is -1.77. The number of aromatic nitrogens is 2. The number of fused-ring (bicyclic) bond motifs is 1. The Bertz CT molecular complexity index is 1110. The summed E-state index contributed by atoms with van der Waals surface area (Å²) in [6.45, 7) is 0.870. The molecule has 30 heavy (non-hydrogen) atoms. The van der Waals surface area contributed by atoms with Gasteiger partial charge >= 0.3 is 29.2 Å². The average Bonchev–Trinajstić information content (AvgIpc) is 3.14. The maximum Gasteiger partial charge on any atom is 0.490 e. The van der Waals surface area contributed by atoms with E-state index in [-0.39, 0.29) is 17.9 Å². The van der Waals surface area contributed by atoms with Crippen LogP contribution in [0.4, 0.5) is 0 Å². The molecule has 2 aliphatic carbocycles. The van der Waals surface area contributed by atoms with Crippen molar-refractivity contribution in [3.8, 4) is 0 Å². The van der Waals surface area contributed by atoms with Crippen LogP contribution in [-0.4, -0.2) is 46.9 Å². The van der Waals surface area contributed by atoms with Crippen LogP contribution in [0.3, 0.4) is 0 Å². The molecule has 2 unspecified atom stereocenters. The van der Waals surface area contributed by atoms with Gasteiger partial charge in [-0.25, -0.2) is 18.5 Å². The normalized spacial score (nSPS) is 32.3. The number of aryl methyl sites for hydroxylation is 1. The number of phosphoric ester groups is 1. The number of aliphatic hydroxyl groups excluding tert-OH is 1. The number of rotatable bonds is 8. The molecular weight excluding hydrogens is 473 g/mol. The van der Waals surface area contributed by atoms with Crippen molar-refractivity contribution in [3.05, 3.63) is 32.6 Å². The van der Waals surface area contributed by atoms with Crippen LogP contribution in [0.1, 0.15) is 18.4 Å². The highest BCUT2D eigenvalue weighted by Gasteiger charge is 2.67. The molecule has 0 radical (unpaired) electrons. The van der Waals surface area contributed by atoms with Gasteiger partial charge in [-0.1, -0.05) is 0 Å². The molecular formula is C12H19N2O13P3. The Morgan fingerprint density at radius 3 is 2.37 bits per heavy atom. The van der Waals surface area contributed by atoms with Gasteiger partial charge in [0.05, 0.1) is 18.2 Å². The van der Waals surface area contributed by atoms with Crippen molar-refractivity contribution in [3.63, 3.8) is 0 Å². The number of phosphoric acid groups is 3. The molecule has 0 bridgehead atoms. The zero-order chi connectivity index (χ0) is 22.7. The summed E-state index contributed by atoms with van der Waals surface area (Å²) >= 11 is 0. The fraction of sp³-hybridized carbons (Fsp3) is 0.667. The van der Waals surface area contributed by atoms with Crippen LogP contribution < -0.4 is 11.2 Å². The third kappa shape index (κ3) is 4.93. The van der Waals surface area contributed by atoms with Crippen LogP contribution in [0.25, 0.3) is 0 Å². The third-order valence-electron chi connectivity index (χ3n) is 5.12. The van der Waals surface area contributed by atoms with Crippen molar-refractivity contribution >= 4 is 23.5 Å². The van der Waals surface area contributed by atoms with Gasteiger partial charge in [0.15, 0.2) is 0 Å². The lowest BCUT2D eigenvalue weighted by atomic mass is 10.0. The Kier molecular flexibility index (Phi) is 5.99. The lowest BCUT2D eigenvalue weighted by Crippen LogP contribution is -2.37. The minimum Gasteiger partial charge on any atom is -0.393 e. The van der Waals surface area contributed by atoms with E-state index < -0.39 is 58.9 Å². The van der Waals surface area contributed by atoms with Gasteiger partial charge in [0, 0.05) is 17.7 Å². The van der Waals surface area contributed by atoms with Crippen molar-refractivity contribution < 1.29 is 51.5 Å². The predicted octanol–water partition coefficient (Wildman–Crippen LogP) is -0.716. The first-order valence-corrected chi connectivity index (χ1v) is 12.9. The predicted molar refractivity (Wildman–Crippen MR) is 96.1 cm³/mol. The molecule has 0 saturated heterocycles. The molecule has 2 aliphatic rings. The van der Waals surface area contributed by atoms with E-state index in [1.165, 1.54) is 17.7 Å². The summed E-state index contributed by atoms with van der Waals surface area (Å²) in [4.78, 5) is 61.6. The van der Waals surface area contributed by atoms with Crippen molar-refractivity contribution in [2.24, 2.45) is 11.8 Å². The minimum absolute atomic E-state index is 0.0908. The first-order chi connectivity index (χ1) is 13.6. The van der Waals surface area contributed by atoms with E-state index in [4.69, 9.17) is 14.7 Å². The second-order valence-corrected chi connectivity index (χ2v) is 11.6. The summed E-state index contributed by atoms with van der Waals surface area (Å²) in [6.07, 6.45) is 0.779. The standard InChI is InChI=1S/C12H19N2O13P3/c1-6-4-14(11(17)13-10(6)16)12-2-8(12)7(9(15)3-12)5-25-29(21,22)27-30(23,24)26-28(18,19)20/h4,7-9,15H,2-3,5H2,1H3,(H,21,22)(H,23,24)(H,13,16,17)(H2,18,19,20)/t7-,8-,9-,12-/m0/s1. The van der Waals surface area contributed by atoms with Gasteiger partial charge in [-0.05, 0) is 25.7 Å². The molecule has 0 aliphatic heterocycles. The molecule has 1 heterocycles. The third-order valence-corrected chi connectivity index (χ3v) is 8.93. The largest absolute Gasteiger partial charge is 0.490 e. The van der Waals surface area contributed by atoms with Gasteiger partial charge < -0.3 is 24.7 Å². The lowest BCUT2D eigenvalue weighted by molar-refractivity contribution is 0.0668. The van der Waals surface area contributed by atoms with Crippen LogP contribution in [0.2, 0.25) is 0 Å². The molecule has 1 aromatic heterocycles. The fourth-order valence-electron chi connectivity index (χ4n) is 3.87. The van der Waals surface area contributed by atoms with Gasteiger partial charge in [0.1, 0.15) is 0 Å². The zero-order valence-corrected chi connectivity index (χ0v) is 17.9. The number of H-pyrrole nitrogens is 1. The quantitative estimate of drug-likeness (QED) is 0.246. The van der Waals surface area contributed by atoms with E-state index in [1.807, 2.05) is 0 Å². The van der Waals surface area contributed by atoms with Crippen LogP contribution in [-0.2, 0) is 32.4 Å². The Hall–Kier alpha value is -0.950. The van der Waals surface area contributed by atoms with E-state index >= 15 is 0 Å². The number of nitrogens with one attached hydrogen (secondary N) is 1. The highest BCUT2D eigenvalue weighted by Crippen LogP contribution is 2.68. The molecule has 6 atom stereocenters. The number of aliphatic hydroxyl groups is 1. The molecule has 18 heteroatoms. The maximum absolute atomic E-state index is 12.2. The molecule has 6 N–H and O–H groups in total. The van der Waals surface area contributed by atoms with Gasteiger partial charge in [-0.2, -0.15) is 8.62 Å². The van der Waals surface area contributed by atoms with Crippen LogP contribution in [0, 0.1) is 18.8 Å². The summed E-state index contributed by atoms with van der Waals surface area (Å²) in [5, 5.41) is 10.3. The molecule has 0 spiro atoms. The second-order valence-electron chi connectivity index (χ2n) is 7.18. The van der Waals surface area contributed by atoms with Crippen molar-refractivity contribution in [1.82, 2.24) is 9.55 Å². The van der Waals surface area contributed by atoms with Gasteiger partial charge in [0.25, 0.3) is 5.56 Å². The van der Waals surface area contributed by atoms with Crippen molar-refractivity contribution in [2.45, 2.75) is 31.4 Å². The van der Waals surface area contributed by atoms with Crippen LogP contribution in [0.15, 0.2) is 15.8 Å². The Morgan fingerprint density at radius 1 is 1.13 bits per heavy atom. The van der Waals surface area contributed by atoms with E-state index in [0.29, 0.717) is 6.42 Å². The number of hydrogen-bond acceptors (Lipinski definition) is 9. The lowest BCUT2D eigenvalue weighted by Gasteiger charge is -2.20. The molecule has 15 nitrogen and oxygen atoms in total. The molecule has 2 fully saturated rings. The number of hydrogen-bond donors (Lipinski definition) is 6. The Balaban J connectivity index is 1.70. The van der Waals surface area contributed by atoms with Gasteiger partial charge in [-0.3, -0.25) is 18.9 Å². The molecule has 170 valence electrons.